The molecule has 1 amide bonds. The number of benzene rings is 2. The lowest BCUT2D eigenvalue weighted by atomic mass is 9.88. The van der Waals surface area contributed by atoms with Crippen molar-refractivity contribution >= 4 is 16.7 Å². The Bertz CT molecular complexity index is 697. The van der Waals surface area contributed by atoms with Crippen LogP contribution in [0.4, 0.5) is 0 Å². The minimum absolute atomic E-state index is 0.0395. The van der Waals surface area contributed by atoms with Crippen molar-refractivity contribution in [2.24, 2.45) is 5.92 Å². The Hall–Kier alpha value is -2.07. The van der Waals surface area contributed by atoms with E-state index in [4.69, 9.17) is 9.57 Å². The first-order valence-corrected chi connectivity index (χ1v) is 6.83. The number of hydrogen-bond acceptors (Lipinski definition) is 3. The Balaban J connectivity index is 1.97. The van der Waals surface area contributed by atoms with E-state index in [-0.39, 0.29) is 17.9 Å². The molecular formula is C16H15NO3. The van der Waals surface area contributed by atoms with E-state index >= 15 is 0 Å². The summed E-state index contributed by atoms with van der Waals surface area (Å²) in [6.07, 6.45) is 0. The number of nitrogens with zero attached hydrogens (tertiary/aromatic N) is 1. The van der Waals surface area contributed by atoms with Crippen LogP contribution in [0, 0.1) is 5.92 Å². The van der Waals surface area contributed by atoms with Crippen molar-refractivity contribution in [3.05, 3.63) is 42.0 Å². The number of carbonyl (C=O) groups is 1. The van der Waals surface area contributed by atoms with E-state index in [0.29, 0.717) is 13.2 Å². The standard InChI is InChI=1S/C16H15NO3/c1-10(18)17-16-12(9-20-17)8-19-14-7-6-11-4-2-3-5-13(11)15(14)16/h2-7,12,16H,8-9H2,1H3/t12-,16-/m1/s1. The molecule has 2 aliphatic heterocycles. The molecule has 0 unspecified atom stereocenters. The van der Waals surface area contributed by atoms with Crippen LogP contribution in [-0.4, -0.2) is 24.2 Å². The molecule has 2 aromatic rings. The van der Waals surface area contributed by atoms with Crippen molar-refractivity contribution in [1.82, 2.24) is 5.06 Å². The first-order valence-electron chi connectivity index (χ1n) is 6.83. The lowest BCUT2D eigenvalue weighted by molar-refractivity contribution is -0.174. The fourth-order valence-corrected chi connectivity index (χ4v) is 3.22. The second-order valence-corrected chi connectivity index (χ2v) is 5.36. The molecule has 0 aromatic heterocycles. The molecule has 0 spiro atoms. The lowest BCUT2D eigenvalue weighted by Crippen LogP contribution is -2.33. The molecule has 102 valence electrons. The van der Waals surface area contributed by atoms with Crippen molar-refractivity contribution in [3.63, 3.8) is 0 Å². The van der Waals surface area contributed by atoms with Gasteiger partial charge in [0.05, 0.1) is 19.3 Å². The van der Waals surface area contributed by atoms with E-state index in [1.807, 2.05) is 18.2 Å². The third-order valence-corrected chi connectivity index (χ3v) is 4.12. The van der Waals surface area contributed by atoms with E-state index in [1.165, 1.54) is 5.06 Å². The summed E-state index contributed by atoms with van der Waals surface area (Å²) in [5.41, 5.74) is 1.08. The van der Waals surface area contributed by atoms with Gasteiger partial charge in [0.2, 0.25) is 5.91 Å². The van der Waals surface area contributed by atoms with Gasteiger partial charge in [-0.3, -0.25) is 9.63 Å². The highest BCUT2D eigenvalue weighted by atomic mass is 16.7. The van der Waals surface area contributed by atoms with Crippen LogP contribution in [-0.2, 0) is 9.63 Å². The van der Waals surface area contributed by atoms with Gasteiger partial charge >= 0.3 is 0 Å². The van der Waals surface area contributed by atoms with Crippen LogP contribution >= 0.6 is 0 Å². The number of amides is 1. The summed E-state index contributed by atoms with van der Waals surface area (Å²) in [4.78, 5) is 17.4. The quantitative estimate of drug-likeness (QED) is 0.738. The van der Waals surface area contributed by atoms with Gasteiger partial charge in [-0.05, 0) is 16.8 Å². The minimum Gasteiger partial charge on any atom is -0.493 e. The summed E-state index contributed by atoms with van der Waals surface area (Å²) in [7, 11) is 0. The number of rotatable bonds is 0. The zero-order valence-corrected chi connectivity index (χ0v) is 11.2. The molecule has 2 heterocycles. The maximum absolute atomic E-state index is 11.8. The topological polar surface area (TPSA) is 38.8 Å². The van der Waals surface area contributed by atoms with Gasteiger partial charge in [0.25, 0.3) is 0 Å². The number of ether oxygens (including phenoxy) is 1. The van der Waals surface area contributed by atoms with Gasteiger partial charge in [0.1, 0.15) is 5.75 Å². The summed E-state index contributed by atoms with van der Waals surface area (Å²) in [5.74, 6) is 1.01. The van der Waals surface area contributed by atoms with E-state index in [1.54, 1.807) is 6.92 Å². The fraction of sp³-hybridized carbons (Fsp3) is 0.312. The predicted octanol–water partition coefficient (Wildman–Crippen LogP) is 2.68. The SMILES string of the molecule is CC(=O)N1OC[C@H]2COc3ccc4ccccc4c3[C@@H]21. The molecule has 1 saturated heterocycles. The molecule has 0 bridgehead atoms. The van der Waals surface area contributed by atoms with E-state index in [0.717, 1.165) is 22.1 Å². The minimum atomic E-state index is -0.0571. The molecule has 2 aromatic carbocycles. The van der Waals surface area contributed by atoms with Gasteiger partial charge in [0.15, 0.2) is 0 Å². The van der Waals surface area contributed by atoms with Crippen LogP contribution in [0.25, 0.3) is 10.8 Å². The van der Waals surface area contributed by atoms with Crippen LogP contribution in [0.1, 0.15) is 18.5 Å². The third kappa shape index (κ3) is 1.55. The maximum atomic E-state index is 11.8. The van der Waals surface area contributed by atoms with Crippen molar-refractivity contribution in [2.45, 2.75) is 13.0 Å². The highest BCUT2D eigenvalue weighted by molar-refractivity contribution is 5.89. The number of hydroxylamine groups is 2. The Labute approximate surface area is 116 Å². The first-order chi connectivity index (χ1) is 9.75. The van der Waals surface area contributed by atoms with Crippen LogP contribution in [0.15, 0.2) is 36.4 Å². The zero-order valence-electron chi connectivity index (χ0n) is 11.2. The largest absolute Gasteiger partial charge is 0.493 e. The summed E-state index contributed by atoms with van der Waals surface area (Å²) >= 11 is 0. The van der Waals surface area contributed by atoms with Crippen molar-refractivity contribution in [2.75, 3.05) is 13.2 Å². The van der Waals surface area contributed by atoms with E-state index in [2.05, 4.69) is 18.2 Å². The lowest BCUT2D eigenvalue weighted by Gasteiger charge is -2.31. The van der Waals surface area contributed by atoms with Gasteiger partial charge in [-0.25, -0.2) is 5.06 Å². The Kier molecular flexibility index (Phi) is 2.47. The summed E-state index contributed by atoms with van der Waals surface area (Å²) in [6, 6.07) is 12.2. The molecule has 4 rings (SSSR count). The highest BCUT2D eigenvalue weighted by Gasteiger charge is 2.43. The van der Waals surface area contributed by atoms with Crippen LogP contribution in [0.2, 0.25) is 0 Å². The normalized spacial score (nSPS) is 24.1. The number of fused-ring (bicyclic) bond motifs is 5. The van der Waals surface area contributed by atoms with Gasteiger partial charge in [-0.1, -0.05) is 30.3 Å². The first kappa shape index (κ1) is 11.7. The van der Waals surface area contributed by atoms with Crippen molar-refractivity contribution in [1.29, 1.82) is 0 Å². The van der Waals surface area contributed by atoms with E-state index < -0.39 is 0 Å². The molecule has 0 radical (unpaired) electrons. The molecule has 0 N–H and O–H groups in total. The average Bonchev–Trinajstić information content (AvgIpc) is 2.91. The summed E-state index contributed by atoms with van der Waals surface area (Å²) in [5, 5.41) is 3.81. The summed E-state index contributed by atoms with van der Waals surface area (Å²) in [6.45, 7) is 2.68. The maximum Gasteiger partial charge on any atom is 0.243 e. The molecule has 2 aliphatic rings. The molecule has 4 nitrogen and oxygen atoms in total. The molecule has 0 saturated carbocycles. The van der Waals surface area contributed by atoms with Gasteiger partial charge < -0.3 is 4.74 Å². The van der Waals surface area contributed by atoms with Crippen molar-refractivity contribution < 1.29 is 14.4 Å². The molecular weight excluding hydrogens is 254 g/mol. The Morgan fingerprint density at radius 2 is 2.05 bits per heavy atom. The van der Waals surface area contributed by atoms with Crippen molar-refractivity contribution in [3.8, 4) is 5.75 Å². The monoisotopic (exact) mass is 269 g/mol. The second-order valence-electron chi connectivity index (χ2n) is 5.36. The van der Waals surface area contributed by atoms with Gasteiger partial charge in [-0.15, -0.1) is 0 Å². The van der Waals surface area contributed by atoms with E-state index in [9.17, 15) is 4.79 Å². The molecule has 20 heavy (non-hydrogen) atoms. The van der Waals surface area contributed by atoms with Crippen LogP contribution in [0.5, 0.6) is 5.75 Å². The average molecular weight is 269 g/mol. The van der Waals surface area contributed by atoms with Crippen LogP contribution in [0.3, 0.4) is 0 Å². The molecule has 4 heteroatoms. The zero-order chi connectivity index (χ0) is 13.7. The van der Waals surface area contributed by atoms with Gasteiger partial charge in [0, 0.05) is 18.4 Å². The molecule has 2 atom stereocenters. The predicted molar refractivity (Wildman–Crippen MR) is 74.1 cm³/mol. The Morgan fingerprint density at radius 3 is 2.90 bits per heavy atom. The Morgan fingerprint density at radius 1 is 1.20 bits per heavy atom. The third-order valence-electron chi connectivity index (χ3n) is 4.12. The van der Waals surface area contributed by atoms with Crippen LogP contribution < -0.4 is 4.74 Å². The molecule has 1 fully saturated rings. The molecule has 0 aliphatic carbocycles. The fourth-order valence-electron chi connectivity index (χ4n) is 3.22. The van der Waals surface area contributed by atoms with Gasteiger partial charge in [-0.2, -0.15) is 0 Å². The number of hydrogen-bond donors (Lipinski definition) is 0. The smallest absolute Gasteiger partial charge is 0.243 e. The number of carbonyl (C=O) groups excluding carboxylic acids is 1. The second kappa shape index (κ2) is 4.21. The highest BCUT2D eigenvalue weighted by Crippen LogP contribution is 2.46. The summed E-state index contributed by atoms with van der Waals surface area (Å²) < 4.78 is 5.86.